The second-order valence-corrected chi connectivity index (χ2v) is 7.41. The molecular formula is C17H17ClFN5OS. The predicted octanol–water partition coefficient (Wildman–Crippen LogP) is 5.26. The van der Waals surface area contributed by atoms with Crippen molar-refractivity contribution in [2.75, 3.05) is 26.7 Å². The zero-order valence-electron chi connectivity index (χ0n) is 14.1. The predicted molar refractivity (Wildman–Crippen MR) is 102 cm³/mol. The van der Waals surface area contributed by atoms with E-state index in [1.54, 1.807) is 25.1 Å². The van der Waals surface area contributed by atoms with Gasteiger partial charge in [-0.25, -0.2) is 13.7 Å². The Balaban J connectivity index is 1.98. The van der Waals surface area contributed by atoms with E-state index in [0.29, 0.717) is 23.6 Å². The van der Waals surface area contributed by atoms with Gasteiger partial charge >= 0.3 is 0 Å². The van der Waals surface area contributed by atoms with Crippen molar-refractivity contribution >= 4 is 23.5 Å². The van der Waals surface area contributed by atoms with Crippen molar-refractivity contribution in [2.24, 2.45) is 5.11 Å². The van der Waals surface area contributed by atoms with Gasteiger partial charge in [0.2, 0.25) is 0 Å². The highest BCUT2D eigenvalue weighted by Crippen LogP contribution is 2.37. The average molecular weight is 394 g/mol. The molecule has 0 radical (unpaired) electrons. The van der Waals surface area contributed by atoms with Crippen molar-refractivity contribution in [3.05, 3.63) is 57.3 Å². The molecule has 136 valence electrons. The highest BCUT2D eigenvalue weighted by Gasteiger charge is 2.23. The minimum absolute atomic E-state index is 0.0253. The fourth-order valence-electron chi connectivity index (χ4n) is 2.52. The van der Waals surface area contributed by atoms with Gasteiger partial charge in [-0.1, -0.05) is 28.7 Å². The van der Waals surface area contributed by atoms with Crippen LogP contribution in [-0.4, -0.2) is 36.0 Å². The maximum atomic E-state index is 13.5. The number of nitrogens with zero attached hydrogens (tertiary/aromatic N) is 5. The van der Waals surface area contributed by atoms with Crippen molar-refractivity contribution < 1.29 is 9.13 Å². The van der Waals surface area contributed by atoms with Crippen molar-refractivity contribution in [3.8, 4) is 17.0 Å². The monoisotopic (exact) mass is 393 g/mol. The van der Waals surface area contributed by atoms with Gasteiger partial charge in [-0.05, 0) is 42.3 Å². The molecule has 1 fully saturated rings. The summed E-state index contributed by atoms with van der Waals surface area (Å²) >= 11 is 7.54. The van der Waals surface area contributed by atoms with Crippen molar-refractivity contribution in [2.45, 2.75) is 11.7 Å². The van der Waals surface area contributed by atoms with Crippen LogP contribution < -0.4 is 4.74 Å². The third-order valence-corrected chi connectivity index (χ3v) is 5.62. The van der Waals surface area contributed by atoms with E-state index in [1.165, 1.54) is 12.1 Å². The number of hydrogen-bond donors (Lipinski definition) is 0. The Morgan fingerprint density at radius 3 is 2.85 bits per heavy atom. The molecule has 1 aromatic carbocycles. The molecule has 1 aliphatic rings. The second-order valence-electron chi connectivity index (χ2n) is 5.71. The normalized spacial score (nSPS) is 15.0. The van der Waals surface area contributed by atoms with E-state index in [2.05, 4.69) is 14.3 Å². The van der Waals surface area contributed by atoms with E-state index in [4.69, 9.17) is 26.9 Å². The number of rotatable bonds is 7. The van der Waals surface area contributed by atoms with Gasteiger partial charge in [-0.3, -0.25) is 0 Å². The summed E-state index contributed by atoms with van der Waals surface area (Å²) in [6, 6.07) is 8.11. The number of halogens is 2. The number of hydrogen-bond acceptors (Lipinski definition) is 5. The fraction of sp³-hybridized carbons (Fsp3) is 0.353. The molecule has 0 N–H and O–H groups in total. The Morgan fingerprint density at radius 1 is 1.42 bits per heavy atom. The third kappa shape index (κ3) is 4.22. The van der Waals surface area contributed by atoms with Crippen LogP contribution in [0.25, 0.3) is 21.7 Å². The molecule has 1 atom stereocenters. The van der Waals surface area contributed by atoms with Gasteiger partial charge in [0.15, 0.2) is 0 Å². The van der Waals surface area contributed by atoms with E-state index in [-0.39, 0.29) is 10.3 Å². The molecule has 0 bridgehead atoms. The number of aromatic nitrogens is 1. The highest BCUT2D eigenvalue weighted by molar-refractivity contribution is 7.97. The van der Waals surface area contributed by atoms with Gasteiger partial charge in [-0.2, -0.15) is 0 Å². The zero-order valence-corrected chi connectivity index (χ0v) is 15.7. The summed E-state index contributed by atoms with van der Waals surface area (Å²) in [5, 5.41) is 3.64. The molecule has 1 saturated heterocycles. The lowest BCUT2D eigenvalue weighted by molar-refractivity contribution is 0.342. The molecule has 9 heteroatoms. The Kier molecular flexibility index (Phi) is 6.21. The van der Waals surface area contributed by atoms with Crippen LogP contribution in [0.3, 0.4) is 0 Å². The summed E-state index contributed by atoms with van der Waals surface area (Å²) in [6.07, 6.45) is 1.16. The van der Waals surface area contributed by atoms with E-state index < -0.39 is 5.82 Å². The Labute approximate surface area is 160 Å². The minimum Gasteiger partial charge on any atom is -0.494 e. The molecule has 0 spiro atoms. The molecule has 1 aliphatic heterocycles. The highest BCUT2D eigenvalue weighted by atomic mass is 35.5. The topological polar surface area (TPSA) is 74.1 Å². The number of benzene rings is 1. The molecule has 1 aromatic heterocycles. The van der Waals surface area contributed by atoms with Gasteiger partial charge in [0, 0.05) is 30.1 Å². The maximum absolute atomic E-state index is 13.5. The van der Waals surface area contributed by atoms with Crippen molar-refractivity contribution in [1.82, 2.24) is 9.29 Å². The smallest absolute Gasteiger partial charge is 0.145 e. The van der Waals surface area contributed by atoms with Gasteiger partial charge in [0.05, 0.1) is 23.1 Å². The van der Waals surface area contributed by atoms with Crippen LogP contribution in [0.5, 0.6) is 5.75 Å². The molecule has 3 rings (SSSR count). The SMILES string of the molecule is COc1ccc(C(CN=[N+]=[N-])SN2CCC2)nc1-c1ccc(F)c(Cl)c1. The minimum atomic E-state index is -0.486. The van der Waals surface area contributed by atoms with Crippen LogP contribution >= 0.6 is 23.5 Å². The summed E-state index contributed by atoms with van der Waals surface area (Å²) in [6.45, 7) is 2.31. The zero-order chi connectivity index (χ0) is 18.5. The molecule has 6 nitrogen and oxygen atoms in total. The number of methoxy groups -OCH3 is 1. The molecule has 26 heavy (non-hydrogen) atoms. The molecular weight excluding hydrogens is 377 g/mol. The summed E-state index contributed by atoms with van der Waals surface area (Å²) in [5.41, 5.74) is 10.7. The van der Waals surface area contributed by atoms with Crippen LogP contribution in [0, 0.1) is 5.82 Å². The Hall–Kier alpha value is -1.99. The van der Waals surface area contributed by atoms with Crippen LogP contribution in [0.2, 0.25) is 5.02 Å². The lowest BCUT2D eigenvalue weighted by atomic mass is 10.1. The Bertz CT molecular complexity index is 842. The third-order valence-electron chi connectivity index (χ3n) is 4.02. The van der Waals surface area contributed by atoms with Crippen LogP contribution in [0.1, 0.15) is 17.4 Å². The first-order valence-corrected chi connectivity index (χ1v) is 9.26. The van der Waals surface area contributed by atoms with Gasteiger partial charge in [0.25, 0.3) is 0 Å². The van der Waals surface area contributed by atoms with Crippen LogP contribution in [0.4, 0.5) is 4.39 Å². The van der Waals surface area contributed by atoms with Gasteiger partial charge in [-0.15, -0.1) is 0 Å². The van der Waals surface area contributed by atoms with Crippen LogP contribution in [-0.2, 0) is 0 Å². The second kappa shape index (κ2) is 8.60. The van der Waals surface area contributed by atoms with E-state index in [0.717, 1.165) is 25.2 Å². The summed E-state index contributed by atoms with van der Waals surface area (Å²) in [7, 11) is 1.55. The molecule has 0 aliphatic carbocycles. The van der Waals surface area contributed by atoms with Crippen LogP contribution in [0.15, 0.2) is 35.4 Å². The van der Waals surface area contributed by atoms with Crippen molar-refractivity contribution in [1.29, 1.82) is 0 Å². The lowest BCUT2D eigenvalue weighted by Crippen LogP contribution is -2.32. The fourth-order valence-corrected chi connectivity index (χ4v) is 3.90. The van der Waals surface area contributed by atoms with Gasteiger partial charge < -0.3 is 4.74 Å². The summed E-state index contributed by atoms with van der Waals surface area (Å²) < 4.78 is 21.1. The molecule has 2 aromatic rings. The molecule has 0 amide bonds. The maximum Gasteiger partial charge on any atom is 0.145 e. The first kappa shape index (κ1) is 18.8. The average Bonchev–Trinajstić information content (AvgIpc) is 2.62. The molecule has 2 heterocycles. The number of pyridine rings is 1. The largest absolute Gasteiger partial charge is 0.494 e. The molecule has 1 unspecified atom stereocenters. The van der Waals surface area contributed by atoms with Gasteiger partial charge in [0.1, 0.15) is 17.3 Å². The van der Waals surface area contributed by atoms with E-state index in [1.807, 2.05) is 12.1 Å². The standard InChI is InChI=1S/C17H17ClFN5OS/c1-25-15-6-5-14(16(10-21-23-20)26-24-7-2-8-24)22-17(15)11-3-4-13(19)12(18)9-11/h3-6,9,16H,2,7-8,10H2,1H3. The number of ether oxygens (including phenoxy) is 1. The summed E-state index contributed by atoms with van der Waals surface area (Å²) in [5.74, 6) is 0.0769. The quantitative estimate of drug-likeness (QED) is 0.278. The first-order chi connectivity index (χ1) is 12.6. The van der Waals surface area contributed by atoms with E-state index in [9.17, 15) is 4.39 Å². The number of azide groups is 1. The molecule has 0 saturated carbocycles. The first-order valence-electron chi connectivity index (χ1n) is 8.05. The van der Waals surface area contributed by atoms with E-state index >= 15 is 0 Å². The Morgan fingerprint density at radius 2 is 2.23 bits per heavy atom. The lowest BCUT2D eigenvalue weighted by Gasteiger charge is -2.32. The summed E-state index contributed by atoms with van der Waals surface area (Å²) in [4.78, 5) is 7.58. The van der Waals surface area contributed by atoms with Crippen molar-refractivity contribution in [3.63, 3.8) is 0 Å².